The molecule has 4 heteroatoms. The molecule has 4 nitrogen and oxygen atoms in total. The van der Waals surface area contributed by atoms with Gasteiger partial charge in [0, 0.05) is 30.6 Å². The fourth-order valence-corrected chi connectivity index (χ4v) is 1.99. The van der Waals surface area contributed by atoms with Crippen molar-refractivity contribution in [1.82, 2.24) is 15.5 Å². The maximum Gasteiger partial charge on any atom is 0.0936 e. The first kappa shape index (κ1) is 10.6. The van der Waals surface area contributed by atoms with Crippen LogP contribution in [0, 0.1) is 0 Å². The summed E-state index contributed by atoms with van der Waals surface area (Å²) in [6.45, 7) is 7.80. The molecular weight excluding hydrogens is 190 g/mol. The third-order valence-corrected chi connectivity index (χ3v) is 2.90. The summed E-state index contributed by atoms with van der Waals surface area (Å²) in [5.41, 5.74) is 1.75. The molecule has 1 saturated heterocycles. The van der Waals surface area contributed by atoms with Crippen LogP contribution in [0.1, 0.15) is 32.0 Å². The van der Waals surface area contributed by atoms with Crippen molar-refractivity contribution in [1.29, 1.82) is 0 Å². The van der Waals surface area contributed by atoms with E-state index in [2.05, 4.69) is 36.3 Å². The molecule has 1 aliphatic heterocycles. The second kappa shape index (κ2) is 3.32. The fraction of sp³-hybridized carbons (Fsp3) is 0.727. The highest BCUT2D eigenvalue weighted by Crippen LogP contribution is 2.27. The van der Waals surface area contributed by atoms with Crippen LogP contribution in [0.4, 0.5) is 0 Å². The zero-order chi connectivity index (χ0) is 11.1. The van der Waals surface area contributed by atoms with Crippen molar-refractivity contribution >= 4 is 0 Å². The summed E-state index contributed by atoms with van der Waals surface area (Å²) < 4.78 is 0. The monoisotopic (exact) mass is 209 g/mol. The number of nitrogens with one attached hydrogen (secondary N) is 2. The molecule has 3 N–H and O–H groups in total. The van der Waals surface area contributed by atoms with Gasteiger partial charge in [-0.3, -0.25) is 5.10 Å². The molecule has 0 atom stereocenters. The zero-order valence-electron chi connectivity index (χ0n) is 9.59. The van der Waals surface area contributed by atoms with Crippen LogP contribution in [0.15, 0.2) is 6.20 Å². The van der Waals surface area contributed by atoms with E-state index in [-0.39, 0.29) is 5.41 Å². The molecule has 2 rings (SSSR count). The van der Waals surface area contributed by atoms with E-state index in [0.717, 1.165) is 11.3 Å². The lowest BCUT2D eigenvalue weighted by molar-refractivity contribution is -0.00930. The van der Waals surface area contributed by atoms with Crippen LogP contribution in [-0.4, -0.2) is 34.0 Å². The van der Waals surface area contributed by atoms with Crippen LogP contribution in [-0.2, 0) is 11.8 Å². The lowest BCUT2D eigenvalue weighted by Gasteiger charge is -2.38. The van der Waals surface area contributed by atoms with Gasteiger partial charge in [-0.1, -0.05) is 20.8 Å². The lowest BCUT2D eigenvalue weighted by Crippen LogP contribution is -2.60. The highest BCUT2D eigenvalue weighted by atomic mass is 16.3. The summed E-state index contributed by atoms with van der Waals surface area (Å²) in [6, 6.07) is 0. The van der Waals surface area contributed by atoms with Crippen molar-refractivity contribution in [3.05, 3.63) is 17.5 Å². The number of hydrogen-bond acceptors (Lipinski definition) is 3. The second-order valence-electron chi connectivity index (χ2n) is 5.52. The average Bonchev–Trinajstić information content (AvgIpc) is 2.48. The number of rotatable bonds is 2. The first-order valence-corrected chi connectivity index (χ1v) is 5.37. The van der Waals surface area contributed by atoms with E-state index >= 15 is 0 Å². The molecule has 15 heavy (non-hydrogen) atoms. The summed E-state index contributed by atoms with van der Waals surface area (Å²) in [5.74, 6) is 0. The standard InChI is InChI=1S/C11H19N3O/c1-10(2,3)9-8(5-13-14-9)4-11(15)6-12-7-11/h5,12,15H,4,6-7H2,1-3H3,(H,13,14). The molecule has 1 aliphatic rings. The van der Waals surface area contributed by atoms with Crippen molar-refractivity contribution in [2.75, 3.05) is 13.1 Å². The Balaban J connectivity index is 2.18. The Morgan fingerprint density at radius 3 is 2.60 bits per heavy atom. The fourth-order valence-electron chi connectivity index (χ4n) is 1.99. The van der Waals surface area contributed by atoms with Gasteiger partial charge in [0.25, 0.3) is 0 Å². The molecule has 0 spiro atoms. The van der Waals surface area contributed by atoms with Crippen LogP contribution in [0.3, 0.4) is 0 Å². The smallest absolute Gasteiger partial charge is 0.0936 e. The van der Waals surface area contributed by atoms with Gasteiger partial charge in [0.2, 0.25) is 0 Å². The van der Waals surface area contributed by atoms with Crippen LogP contribution in [0.5, 0.6) is 0 Å². The Morgan fingerprint density at radius 1 is 1.47 bits per heavy atom. The first-order valence-electron chi connectivity index (χ1n) is 5.37. The van der Waals surface area contributed by atoms with Crippen molar-refractivity contribution < 1.29 is 5.11 Å². The molecule has 1 aromatic rings. The Kier molecular flexibility index (Phi) is 2.35. The van der Waals surface area contributed by atoms with Gasteiger partial charge in [0.05, 0.1) is 11.8 Å². The van der Waals surface area contributed by atoms with Gasteiger partial charge < -0.3 is 10.4 Å². The Bertz CT molecular complexity index is 347. The van der Waals surface area contributed by atoms with Gasteiger partial charge >= 0.3 is 0 Å². The Labute approximate surface area is 90.1 Å². The van der Waals surface area contributed by atoms with Gasteiger partial charge in [-0.2, -0.15) is 5.10 Å². The normalized spacial score (nSPS) is 20.0. The van der Waals surface area contributed by atoms with E-state index in [0.29, 0.717) is 19.5 Å². The molecule has 0 aliphatic carbocycles. The van der Waals surface area contributed by atoms with Crippen molar-refractivity contribution in [2.24, 2.45) is 0 Å². The Hall–Kier alpha value is -0.870. The Morgan fingerprint density at radius 2 is 2.13 bits per heavy atom. The number of hydrogen-bond donors (Lipinski definition) is 3. The summed E-state index contributed by atoms with van der Waals surface area (Å²) in [7, 11) is 0. The van der Waals surface area contributed by atoms with Gasteiger partial charge in [-0.15, -0.1) is 0 Å². The van der Waals surface area contributed by atoms with Crippen LogP contribution in [0.25, 0.3) is 0 Å². The first-order chi connectivity index (χ1) is 6.91. The molecule has 2 heterocycles. The van der Waals surface area contributed by atoms with E-state index in [9.17, 15) is 5.11 Å². The summed E-state index contributed by atoms with van der Waals surface area (Å²) in [5, 5.41) is 20.3. The predicted molar refractivity (Wildman–Crippen MR) is 58.8 cm³/mol. The largest absolute Gasteiger partial charge is 0.387 e. The highest BCUT2D eigenvalue weighted by Gasteiger charge is 2.36. The van der Waals surface area contributed by atoms with Gasteiger partial charge in [0.1, 0.15) is 0 Å². The molecule has 0 amide bonds. The number of aromatic nitrogens is 2. The highest BCUT2D eigenvalue weighted by molar-refractivity contribution is 5.26. The van der Waals surface area contributed by atoms with Crippen molar-refractivity contribution in [3.63, 3.8) is 0 Å². The van der Waals surface area contributed by atoms with Gasteiger partial charge in [-0.05, 0) is 5.56 Å². The van der Waals surface area contributed by atoms with Gasteiger partial charge in [0.15, 0.2) is 0 Å². The predicted octanol–water partition coefficient (Wildman–Crippen LogP) is 0.584. The molecule has 0 saturated carbocycles. The average molecular weight is 209 g/mol. The molecule has 0 radical (unpaired) electrons. The minimum absolute atomic E-state index is 0.0549. The number of H-pyrrole nitrogens is 1. The van der Waals surface area contributed by atoms with Crippen LogP contribution >= 0.6 is 0 Å². The molecule has 1 fully saturated rings. The van der Waals surface area contributed by atoms with Crippen LogP contribution < -0.4 is 5.32 Å². The van der Waals surface area contributed by atoms with E-state index in [1.54, 1.807) is 0 Å². The number of aromatic amines is 1. The van der Waals surface area contributed by atoms with Gasteiger partial charge in [-0.25, -0.2) is 0 Å². The maximum atomic E-state index is 10.1. The van der Waals surface area contributed by atoms with E-state index in [4.69, 9.17) is 0 Å². The van der Waals surface area contributed by atoms with Crippen LogP contribution in [0.2, 0.25) is 0 Å². The number of nitrogens with zero attached hydrogens (tertiary/aromatic N) is 1. The van der Waals surface area contributed by atoms with E-state index in [1.165, 1.54) is 0 Å². The number of β-amino-alcohol motifs (C(OH)–C–C–N with tert-alkyl or cyclic N) is 1. The molecule has 0 bridgehead atoms. The molecule has 0 unspecified atom stereocenters. The molecule has 1 aromatic heterocycles. The summed E-state index contributed by atoms with van der Waals surface area (Å²) in [4.78, 5) is 0. The SMILES string of the molecule is CC(C)(C)c1[nH]ncc1CC1(O)CNC1. The third-order valence-electron chi connectivity index (χ3n) is 2.90. The maximum absolute atomic E-state index is 10.1. The topological polar surface area (TPSA) is 60.9 Å². The lowest BCUT2D eigenvalue weighted by atomic mass is 9.83. The summed E-state index contributed by atoms with van der Waals surface area (Å²) in [6.07, 6.45) is 2.51. The van der Waals surface area contributed by atoms with Crippen molar-refractivity contribution in [2.45, 2.75) is 38.2 Å². The zero-order valence-corrected chi connectivity index (χ0v) is 9.59. The van der Waals surface area contributed by atoms with Crippen molar-refractivity contribution in [3.8, 4) is 0 Å². The quantitative estimate of drug-likeness (QED) is 0.668. The van der Waals surface area contributed by atoms with E-state index in [1.807, 2.05) is 6.20 Å². The second-order valence-corrected chi connectivity index (χ2v) is 5.52. The minimum atomic E-state index is -0.566. The summed E-state index contributed by atoms with van der Waals surface area (Å²) >= 11 is 0. The number of aliphatic hydroxyl groups is 1. The molecule has 84 valence electrons. The third kappa shape index (κ3) is 2.06. The molecular formula is C11H19N3O. The minimum Gasteiger partial charge on any atom is -0.387 e. The van der Waals surface area contributed by atoms with E-state index < -0.39 is 5.60 Å². The molecule has 0 aromatic carbocycles.